The molecule has 96 valence electrons. The molecule has 1 amide bonds. The van der Waals surface area contributed by atoms with E-state index in [2.05, 4.69) is 12.2 Å². The van der Waals surface area contributed by atoms with Crippen LogP contribution in [0.25, 0.3) is 0 Å². The Morgan fingerprint density at radius 3 is 2.94 bits per heavy atom. The van der Waals surface area contributed by atoms with Crippen LogP contribution in [0.5, 0.6) is 0 Å². The summed E-state index contributed by atoms with van der Waals surface area (Å²) in [4.78, 5) is 11.9. The van der Waals surface area contributed by atoms with Gasteiger partial charge >= 0.3 is 0 Å². The summed E-state index contributed by atoms with van der Waals surface area (Å²) < 4.78 is 1.86. The lowest BCUT2D eigenvalue weighted by Crippen LogP contribution is -2.26. The number of rotatable bonds is 7. The highest BCUT2D eigenvalue weighted by Gasteiger charge is 2.11. The molecule has 0 spiro atoms. The van der Waals surface area contributed by atoms with E-state index < -0.39 is 0 Å². The average Bonchev–Trinajstić information content (AvgIpc) is 2.66. The molecule has 0 aliphatic rings. The van der Waals surface area contributed by atoms with Crippen LogP contribution in [0, 0.1) is 0 Å². The van der Waals surface area contributed by atoms with E-state index in [1.54, 1.807) is 12.3 Å². The van der Waals surface area contributed by atoms with Crippen molar-refractivity contribution in [1.82, 2.24) is 9.88 Å². The summed E-state index contributed by atoms with van der Waals surface area (Å²) in [5, 5.41) is 12.0. The minimum absolute atomic E-state index is 0.108. The molecule has 0 aliphatic carbocycles. The number of nitrogens with one attached hydrogen (secondary N) is 1. The first-order valence-electron chi connectivity index (χ1n) is 5.93. The number of carbonyl (C=O) groups excluding carboxylic acids is 1. The number of unbranched alkanes of at least 4 members (excludes halogenated alkanes) is 1. The van der Waals surface area contributed by atoms with E-state index in [4.69, 9.17) is 16.7 Å². The van der Waals surface area contributed by atoms with Crippen LogP contribution in [0.2, 0.25) is 5.02 Å². The molecule has 5 heteroatoms. The van der Waals surface area contributed by atoms with Crippen LogP contribution >= 0.6 is 11.6 Å². The molecular formula is C12H19ClN2O2. The van der Waals surface area contributed by atoms with Crippen molar-refractivity contribution in [3.05, 3.63) is 23.0 Å². The van der Waals surface area contributed by atoms with E-state index >= 15 is 0 Å². The lowest BCUT2D eigenvalue weighted by Gasteiger charge is -2.08. The standard InChI is InChI=1S/C12H19ClN2O2/c1-2-6-15-9-10(13)8-11(15)12(17)14-5-3-4-7-16/h8-9,16H,2-7H2,1H3,(H,14,17). The molecule has 0 atom stereocenters. The largest absolute Gasteiger partial charge is 0.396 e. The first-order chi connectivity index (χ1) is 8.19. The van der Waals surface area contributed by atoms with E-state index in [0.717, 1.165) is 19.4 Å². The van der Waals surface area contributed by atoms with Gasteiger partial charge in [0.05, 0.1) is 5.02 Å². The predicted molar refractivity (Wildman–Crippen MR) is 68.4 cm³/mol. The number of aryl methyl sites for hydroxylation is 1. The molecule has 2 N–H and O–H groups in total. The van der Waals surface area contributed by atoms with E-state index in [-0.39, 0.29) is 12.5 Å². The zero-order valence-corrected chi connectivity index (χ0v) is 10.8. The van der Waals surface area contributed by atoms with Gasteiger partial charge in [0.15, 0.2) is 0 Å². The Balaban J connectivity index is 2.55. The minimum Gasteiger partial charge on any atom is -0.396 e. The van der Waals surface area contributed by atoms with Crippen molar-refractivity contribution in [1.29, 1.82) is 0 Å². The summed E-state index contributed by atoms with van der Waals surface area (Å²) in [7, 11) is 0. The highest BCUT2D eigenvalue weighted by atomic mass is 35.5. The molecule has 0 fully saturated rings. The second kappa shape index (κ2) is 7.35. The maximum absolute atomic E-state index is 11.9. The molecule has 4 nitrogen and oxygen atoms in total. The number of halogens is 1. The number of hydrogen-bond acceptors (Lipinski definition) is 2. The van der Waals surface area contributed by atoms with E-state index in [1.165, 1.54) is 0 Å². The Hall–Kier alpha value is -1.00. The number of aliphatic hydroxyl groups excluding tert-OH is 1. The van der Waals surface area contributed by atoms with Gasteiger partial charge in [0.2, 0.25) is 0 Å². The fourth-order valence-corrected chi connectivity index (χ4v) is 1.84. The third-order valence-electron chi connectivity index (χ3n) is 2.43. The summed E-state index contributed by atoms with van der Waals surface area (Å²) in [6.07, 6.45) is 4.21. The van der Waals surface area contributed by atoms with Gasteiger partial charge in [0, 0.05) is 25.9 Å². The van der Waals surface area contributed by atoms with Gasteiger partial charge in [-0.1, -0.05) is 18.5 Å². The topological polar surface area (TPSA) is 54.3 Å². The third kappa shape index (κ3) is 4.40. The summed E-state index contributed by atoms with van der Waals surface area (Å²) in [5.41, 5.74) is 0.598. The van der Waals surface area contributed by atoms with Crippen LogP contribution in [0.15, 0.2) is 12.3 Å². The van der Waals surface area contributed by atoms with Gasteiger partial charge in [-0.2, -0.15) is 0 Å². The molecule has 1 aromatic rings. The van der Waals surface area contributed by atoms with Crippen molar-refractivity contribution in [2.45, 2.75) is 32.7 Å². The molecule has 0 unspecified atom stereocenters. The molecular weight excluding hydrogens is 240 g/mol. The van der Waals surface area contributed by atoms with Gasteiger partial charge in [-0.25, -0.2) is 0 Å². The van der Waals surface area contributed by atoms with Gasteiger partial charge in [-0.15, -0.1) is 0 Å². The molecule has 1 rings (SSSR count). The fraction of sp³-hybridized carbons (Fsp3) is 0.583. The quantitative estimate of drug-likeness (QED) is 0.736. The summed E-state index contributed by atoms with van der Waals surface area (Å²) in [5.74, 6) is -0.108. The Morgan fingerprint density at radius 2 is 2.29 bits per heavy atom. The second-order valence-corrected chi connectivity index (χ2v) is 4.36. The van der Waals surface area contributed by atoms with Crippen molar-refractivity contribution < 1.29 is 9.90 Å². The van der Waals surface area contributed by atoms with E-state index in [1.807, 2.05) is 4.57 Å². The lowest BCUT2D eigenvalue weighted by molar-refractivity contribution is 0.0942. The van der Waals surface area contributed by atoms with Gasteiger partial charge in [-0.05, 0) is 25.3 Å². The van der Waals surface area contributed by atoms with E-state index in [9.17, 15) is 4.79 Å². The maximum Gasteiger partial charge on any atom is 0.267 e. The molecule has 0 aliphatic heterocycles. The molecule has 0 bridgehead atoms. The van der Waals surface area contributed by atoms with Crippen LogP contribution in [-0.2, 0) is 6.54 Å². The van der Waals surface area contributed by atoms with Crippen molar-refractivity contribution in [3.63, 3.8) is 0 Å². The number of aliphatic hydroxyl groups is 1. The van der Waals surface area contributed by atoms with E-state index in [0.29, 0.717) is 23.7 Å². The molecule has 0 saturated carbocycles. The molecule has 0 aromatic carbocycles. The van der Waals surface area contributed by atoms with Gasteiger partial charge in [-0.3, -0.25) is 4.79 Å². The maximum atomic E-state index is 11.9. The summed E-state index contributed by atoms with van der Waals surface area (Å²) in [6, 6.07) is 1.68. The fourth-order valence-electron chi connectivity index (χ4n) is 1.62. The number of hydrogen-bond donors (Lipinski definition) is 2. The number of aromatic nitrogens is 1. The highest BCUT2D eigenvalue weighted by molar-refractivity contribution is 6.31. The zero-order valence-electron chi connectivity index (χ0n) is 10.1. The van der Waals surface area contributed by atoms with Gasteiger partial charge < -0.3 is 15.0 Å². The Bertz CT molecular complexity index is 363. The van der Waals surface area contributed by atoms with Crippen LogP contribution in [0.3, 0.4) is 0 Å². The summed E-state index contributed by atoms with van der Waals surface area (Å²) in [6.45, 7) is 3.57. The highest BCUT2D eigenvalue weighted by Crippen LogP contribution is 2.14. The van der Waals surface area contributed by atoms with Crippen LogP contribution in [0.1, 0.15) is 36.7 Å². The predicted octanol–water partition coefficient (Wildman–Crippen LogP) is 2.05. The van der Waals surface area contributed by atoms with Gasteiger partial charge in [0.1, 0.15) is 5.69 Å². The number of carbonyl (C=O) groups is 1. The second-order valence-electron chi connectivity index (χ2n) is 3.92. The minimum atomic E-state index is -0.108. The first-order valence-corrected chi connectivity index (χ1v) is 6.31. The smallest absolute Gasteiger partial charge is 0.267 e. The molecule has 1 aromatic heterocycles. The number of nitrogens with zero attached hydrogens (tertiary/aromatic N) is 1. The Morgan fingerprint density at radius 1 is 1.53 bits per heavy atom. The summed E-state index contributed by atoms with van der Waals surface area (Å²) >= 11 is 5.90. The van der Waals surface area contributed by atoms with Crippen molar-refractivity contribution in [2.24, 2.45) is 0 Å². The number of amides is 1. The van der Waals surface area contributed by atoms with Crippen molar-refractivity contribution in [2.75, 3.05) is 13.2 Å². The van der Waals surface area contributed by atoms with Crippen LogP contribution in [0.4, 0.5) is 0 Å². The molecule has 0 saturated heterocycles. The van der Waals surface area contributed by atoms with Crippen molar-refractivity contribution in [3.8, 4) is 0 Å². The normalized spacial score (nSPS) is 10.5. The monoisotopic (exact) mass is 258 g/mol. The van der Waals surface area contributed by atoms with Gasteiger partial charge in [0.25, 0.3) is 5.91 Å². The zero-order chi connectivity index (χ0) is 12.7. The lowest BCUT2D eigenvalue weighted by atomic mass is 10.3. The third-order valence-corrected chi connectivity index (χ3v) is 2.64. The van der Waals surface area contributed by atoms with Crippen LogP contribution < -0.4 is 5.32 Å². The molecule has 1 heterocycles. The molecule has 17 heavy (non-hydrogen) atoms. The average molecular weight is 259 g/mol. The van der Waals surface area contributed by atoms with Crippen molar-refractivity contribution >= 4 is 17.5 Å². The molecule has 0 radical (unpaired) electrons. The SMILES string of the molecule is CCCn1cc(Cl)cc1C(=O)NCCCCO. The first kappa shape index (κ1) is 14.1. The van der Waals surface area contributed by atoms with Crippen LogP contribution in [-0.4, -0.2) is 28.7 Å². The Labute approximate surface area is 107 Å². The Kier molecular flexibility index (Phi) is 6.08.